The summed E-state index contributed by atoms with van der Waals surface area (Å²) in [7, 11) is 0. The van der Waals surface area contributed by atoms with Gasteiger partial charge in [0.1, 0.15) is 17.7 Å². The first kappa shape index (κ1) is 26.7. The maximum atomic E-state index is 13.9. The van der Waals surface area contributed by atoms with Gasteiger partial charge in [-0.25, -0.2) is 23.7 Å². The predicted molar refractivity (Wildman–Crippen MR) is 144 cm³/mol. The molecule has 0 aromatic carbocycles. The van der Waals surface area contributed by atoms with Crippen molar-refractivity contribution in [3.05, 3.63) is 36.0 Å². The molecule has 1 amide bonds. The van der Waals surface area contributed by atoms with E-state index < -0.39 is 18.0 Å². The molecule has 5 rings (SSSR count). The van der Waals surface area contributed by atoms with Gasteiger partial charge in [0, 0.05) is 18.0 Å². The molecule has 0 spiro atoms. The molecule has 204 valence electrons. The largest absolute Gasteiger partial charge is 0.377 e. The third kappa shape index (κ3) is 5.47. The zero-order valence-corrected chi connectivity index (χ0v) is 22.5. The molecule has 9 nitrogen and oxygen atoms in total. The molecule has 1 saturated carbocycles. The van der Waals surface area contributed by atoms with Crippen LogP contribution in [0.1, 0.15) is 74.6 Å². The van der Waals surface area contributed by atoms with Crippen LogP contribution in [0.5, 0.6) is 0 Å². The maximum Gasteiger partial charge on any atom is 0.284 e. The van der Waals surface area contributed by atoms with Crippen molar-refractivity contribution in [1.82, 2.24) is 24.7 Å². The van der Waals surface area contributed by atoms with Crippen molar-refractivity contribution in [3.8, 4) is 0 Å². The molecule has 2 atom stereocenters. The average molecular weight is 546 g/mol. The van der Waals surface area contributed by atoms with Crippen LogP contribution in [0.3, 0.4) is 0 Å². The van der Waals surface area contributed by atoms with Gasteiger partial charge in [-0.15, -0.1) is 0 Å². The number of nitrogens with zero attached hydrogens (tertiary/aromatic N) is 6. The van der Waals surface area contributed by atoms with E-state index in [0.717, 1.165) is 32.1 Å². The Labute approximate surface area is 225 Å². The summed E-state index contributed by atoms with van der Waals surface area (Å²) in [5.74, 6) is 0.571. The Morgan fingerprint density at radius 2 is 2.03 bits per heavy atom. The van der Waals surface area contributed by atoms with Crippen LogP contribution in [-0.4, -0.2) is 61.7 Å². The normalized spacial score (nSPS) is 23.1. The van der Waals surface area contributed by atoms with Gasteiger partial charge in [0.25, 0.3) is 12.3 Å². The average Bonchev–Trinajstić information content (AvgIpc) is 3.36. The highest BCUT2D eigenvalue weighted by atomic mass is 32.1. The molecule has 12 heteroatoms. The maximum absolute atomic E-state index is 13.9. The molecular formula is C26H33F2N7O2S. The Balaban J connectivity index is 1.40. The highest BCUT2D eigenvalue weighted by Crippen LogP contribution is 2.37. The minimum atomic E-state index is -2.83. The van der Waals surface area contributed by atoms with E-state index >= 15 is 0 Å². The van der Waals surface area contributed by atoms with Crippen LogP contribution in [0.25, 0.3) is 11.0 Å². The number of anilines is 2. The van der Waals surface area contributed by atoms with E-state index in [1.165, 1.54) is 12.5 Å². The van der Waals surface area contributed by atoms with Gasteiger partial charge in [0.15, 0.2) is 11.4 Å². The molecule has 1 aliphatic carbocycles. The van der Waals surface area contributed by atoms with Crippen LogP contribution in [-0.2, 0) is 4.74 Å². The molecule has 1 N–H and O–H groups in total. The molecule has 2 fully saturated rings. The van der Waals surface area contributed by atoms with Crippen molar-refractivity contribution < 1.29 is 18.3 Å². The smallest absolute Gasteiger partial charge is 0.284 e. The first-order valence-electron chi connectivity index (χ1n) is 13.2. The fourth-order valence-electron chi connectivity index (χ4n) is 5.43. The summed E-state index contributed by atoms with van der Waals surface area (Å²) in [6.45, 7) is 6.04. The zero-order chi connectivity index (χ0) is 26.8. The van der Waals surface area contributed by atoms with Crippen LogP contribution in [0.4, 0.5) is 20.3 Å². The number of fused-ring (bicyclic) bond motifs is 1. The number of thiol groups is 1. The molecule has 0 radical (unpaired) electrons. The molecule has 1 unspecified atom stereocenters. The number of carbonyl (C=O) groups excluding carboxylic acids is 1. The summed E-state index contributed by atoms with van der Waals surface area (Å²) in [6, 6.07) is 3.84. The van der Waals surface area contributed by atoms with Crippen molar-refractivity contribution in [2.75, 3.05) is 30.0 Å². The van der Waals surface area contributed by atoms with E-state index in [2.05, 4.69) is 51.8 Å². The summed E-state index contributed by atoms with van der Waals surface area (Å²) in [5.41, 5.74) is 0.365. The lowest BCUT2D eigenvalue weighted by Gasteiger charge is -2.36. The fourth-order valence-corrected chi connectivity index (χ4v) is 5.73. The number of aromatic nitrogens is 5. The van der Waals surface area contributed by atoms with Gasteiger partial charge < -0.3 is 15.0 Å². The second kappa shape index (κ2) is 11.5. The van der Waals surface area contributed by atoms with Gasteiger partial charge >= 0.3 is 0 Å². The standard InChI is InChI=1S/C26H33F2N7O2S/c1-3-17-13-37-11-10-34(17)21-9-8-19-22(32-21)24(30-14-29-19)26(36)31-20-12-35(33-23(20)25(27)28)18-6-4-16(5-7-18)15(2)38/h8-9,12,14-18,25,38H,3-7,10-11,13H2,1-2H3,(H,31,36)/t15?,16?,17-,18?/m0/s1. The molecule has 3 aromatic rings. The molecule has 1 aliphatic heterocycles. The SMILES string of the molecule is CC[C@H]1COCCN1c1ccc2ncnc(C(=O)Nc3cn(C4CCC(C(C)S)CC4)nc3C(F)F)c2n1. The van der Waals surface area contributed by atoms with Crippen LogP contribution in [0.15, 0.2) is 24.7 Å². The number of halogens is 2. The molecule has 3 aromatic heterocycles. The van der Waals surface area contributed by atoms with E-state index in [-0.39, 0.29) is 23.5 Å². The van der Waals surface area contributed by atoms with E-state index in [4.69, 9.17) is 9.72 Å². The number of pyridine rings is 1. The summed E-state index contributed by atoms with van der Waals surface area (Å²) in [5, 5.41) is 7.10. The predicted octanol–water partition coefficient (Wildman–Crippen LogP) is 5.08. The minimum Gasteiger partial charge on any atom is -0.377 e. The van der Waals surface area contributed by atoms with E-state index in [1.807, 2.05) is 6.07 Å². The lowest BCUT2D eigenvalue weighted by molar-refractivity contribution is 0.0926. The van der Waals surface area contributed by atoms with Crippen LogP contribution in [0.2, 0.25) is 0 Å². The molecule has 4 heterocycles. The third-order valence-corrected chi connectivity index (χ3v) is 8.11. The first-order chi connectivity index (χ1) is 18.4. The van der Waals surface area contributed by atoms with Crippen LogP contribution < -0.4 is 10.2 Å². The molecule has 38 heavy (non-hydrogen) atoms. The number of rotatable bonds is 7. The Kier molecular flexibility index (Phi) is 8.08. The second-order valence-electron chi connectivity index (χ2n) is 10.1. The highest BCUT2D eigenvalue weighted by Gasteiger charge is 2.29. The summed E-state index contributed by atoms with van der Waals surface area (Å²) in [6.07, 6.45) is 4.42. The molecule has 1 saturated heterocycles. The Bertz CT molecular complexity index is 1280. The molecule has 0 bridgehead atoms. The van der Waals surface area contributed by atoms with Crippen LogP contribution in [0, 0.1) is 5.92 Å². The fraction of sp³-hybridized carbons (Fsp3) is 0.577. The summed E-state index contributed by atoms with van der Waals surface area (Å²) < 4.78 is 35.0. The van der Waals surface area contributed by atoms with Gasteiger partial charge in [-0.3, -0.25) is 9.48 Å². The number of hydrogen-bond acceptors (Lipinski definition) is 8. The van der Waals surface area contributed by atoms with Crippen molar-refractivity contribution in [2.24, 2.45) is 5.92 Å². The lowest BCUT2D eigenvalue weighted by Crippen LogP contribution is -2.45. The monoisotopic (exact) mass is 545 g/mol. The zero-order valence-electron chi connectivity index (χ0n) is 21.6. The summed E-state index contributed by atoms with van der Waals surface area (Å²) in [4.78, 5) is 28.6. The molecule has 2 aliphatic rings. The minimum absolute atomic E-state index is 0.00521. The lowest BCUT2D eigenvalue weighted by atomic mass is 9.84. The number of hydrogen-bond donors (Lipinski definition) is 2. The topological polar surface area (TPSA) is 98.1 Å². The molecular weight excluding hydrogens is 512 g/mol. The number of carbonyl (C=O) groups is 1. The number of nitrogens with one attached hydrogen (secondary N) is 1. The van der Waals surface area contributed by atoms with Gasteiger partial charge in [-0.1, -0.05) is 13.8 Å². The van der Waals surface area contributed by atoms with Crippen molar-refractivity contribution >= 4 is 41.1 Å². The van der Waals surface area contributed by atoms with E-state index in [0.29, 0.717) is 47.8 Å². The Morgan fingerprint density at radius 1 is 1.24 bits per heavy atom. The van der Waals surface area contributed by atoms with Crippen LogP contribution >= 0.6 is 12.6 Å². The van der Waals surface area contributed by atoms with Gasteiger partial charge in [-0.2, -0.15) is 17.7 Å². The number of morpholine rings is 1. The number of alkyl halides is 2. The number of amides is 1. The van der Waals surface area contributed by atoms with Gasteiger partial charge in [0.2, 0.25) is 0 Å². The second-order valence-corrected chi connectivity index (χ2v) is 10.9. The Hall–Kier alpha value is -2.86. The summed E-state index contributed by atoms with van der Waals surface area (Å²) >= 11 is 4.56. The Morgan fingerprint density at radius 3 is 2.74 bits per heavy atom. The quantitative estimate of drug-likeness (QED) is 0.400. The van der Waals surface area contributed by atoms with E-state index in [1.54, 1.807) is 10.7 Å². The number of ether oxygens (including phenoxy) is 1. The van der Waals surface area contributed by atoms with Crippen molar-refractivity contribution in [2.45, 2.75) is 69.7 Å². The van der Waals surface area contributed by atoms with Gasteiger partial charge in [-0.05, 0) is 50.2 Å². The van der Waals surface area contributed by atoms with Crippen molar-refractivity contribution in [1.29, 1.82) is 0 Å². The third-order valence-electron chi connectivity index (χ3n) is 7.69. The van der Waals surface area contributed by atoms with Gasteiger partial charge in [0.05, 0.1) is 36.5 Å². The van der Waals surface area contributed by atoms with Crippen molar-refractivity contribution in [3.63, 3.8) is 0 Å². The van der Waals surface area contributed by atoms with E-state index in [9.17, 15) is 13.6 Å². The highest BCUT2D eigenvalue weighted by molar-refractivity contribution is 7.80. The first-order valence-corrected chi connectivity index (χ1v) is 13.7.